The average Bonchev–Trinajstić information content (AvgIpc) is 2.37. The molecular weight excluding hydrogens is 264 g/mol. The highest BCUT2D eigenvalue weighted by molar-refractivity contribution is 7.89. The van der Waals surface area contributed by atoms with Gasteiger partial charge in [0.2, 0.25) is 10.0 Å². The molecule has 2 saturated heterocycles. The number of piperidine rings is 1. The van der Waals surface area contributed by atoms with Crippen LogP contribution in [0.4, 0.5) is 0 Å². The van der Waals surface area contributed by atoms with Crippen molar-refractivity contribution in [1.82, 2.24) is 10.0 Å². The first-order chi connectivity index (χ1) is 9.05. The summed E-state index contributed by atoms with van der Waals surface area (Å²) in [5.41, 5.74) is 0. The van der Waals surface area contributed by atoms with Crippen LogP contribution in [0.25, 0.3) is 0 Å². The fourth-order valence-electron chi connectivity index (χ4n) is 2.91. The van der Waals surface area contributed by atoms with Crippen molar-refractivity contribution in [2.24, 2.45) is 5.92 Å². The molecule has 2 aliphatic rings. The van der Waals surface area contributed by atoms with Gasteiger partial charge in [-0.3, -0.25) is 0 Å². The lowest BCUT2D eigenvalue weighted by molar-refractivity contribution is 0.0173. The average molecular weight is 290 g/mol. The molecule has 2 N–H and O–H groups in total. The zero-order valence-corrected chi connectivity index (χ0v) is 12.5. The number of hydrogen-bond donors (Lipinski definition) is 2. The van der Waals surface area contributed by atoms with Crippen molar-refractivity contribution >= 4 is 10.0 Å². The quantitative estimate of drug-likeness (QED) is 0.788. The Balaban J connectivity index is 1.74. The molecule has 2 unspecified atom stereocenters. The summed E-state index contributed by atoms with van der Waals surface area (Å²) in [5, 5.41) is 3.30. The van der Waals surface area contributed by atoms with E-state index < -0.39 is 10.0 Å². The van der Waals surface area contributed by atoms with E-state index in [4.69, 9.17) is 4.74 Å². The largest absolute Gasteiger partial charge is 0.378 e. The lowest BCUT2D eigenvalue weighted by Gasteiger charge is -2.28. The number of rotatable bonds is 5. The number of sulfonamides is 1. The number of ether oxygens (including phenoxy) is 1. The summed E-state index contributed by atoms with van der Waals surface area (Å²) in [7, 11) is -3.13. The van der Waals surface area contributed by atoms with Gasteiger partial charge in [0.1, 0.15) is 0 Å². The lowest BCUT2D eigenvalue weighted by Crippen LogP contribution is -2.42. The molecule has 0 aromatic heterocycles. The number of nitrogens with one attached hydrogen (secondary N) is 2. The Bertz CT molecular complexity index is 366. The van der Waals surface area contributed by atoms with E-state index in [9.17, 15) is 8.42 Å². The fourth-order valence-corrected chi connectivity index (χ4v) is 4.39. The van der Waals surface area contributed by atoms with E-state index in [0.29, 0.717) is 12.5 Å². The van der Waals surface area contributed by atoms with Crippen molar-refractivity contribution in [2.75, 3.05) is 25.4 Å². The van der Waals surface area contributed by atoms with Crippen LogP contribution in [-0.4, -0.2) is 46.0 Å². The van der Waals surface area contributed by atoms with Crippen molar-refractivity contribution in [3.05, 3.63) is 0 Å². The Labute approximate surface area is 116 Å². The van der Waals surface area contributed by atoms with Gasteiger partial charge in [0.15, 0.2) is 0 Å². The third-order valence-corrected chi connectivity index (χ3v) is 5.55. The fraction of sp³-hybridized carbons (Fsp3) is 1.00. The standard InChI is InChI=1S/C13H26N2O3S/c1-11-10-13(4-8-18-11)15-19(16,17)9-5-12-2-6-14-7-3-12/h11-15H,2-10H2,1H3. The van der Waals surface area contributed by atoms with Crippen molar-refractivity contribution in [1.29, 1.82) is 0 Å². The Kier molecular flexibility index (Phi) is 5.62. The van der Waals surface area contributed by atoms with Crippen LogP contribution in [0.15, 0.2) is 0 Å². The van der Waals surface area contributed by atoms with Crippen molar-refractivity contribution in [3.63, 3.8) is 0 Å². The van der Waals surface area contributed by atoms with E-state index in [0.717, 1.165) is 45.2 Å². The maximum atomic E-state index is 12.1. The summed E-state index contributed by atoms with van der Waals surface area (Å²) in [4.78, 5) is 0. The monoisotopic (exact) mass is 290 g/mol. The predicted molar refractivity (Wildman–Crippen MR) is 75.6 cm³/mol. The van der Waals surface area contributed by atoms with Crippen LogP contribution >= 0.6 is 0 Å². The molecule has 5 nitrogen and oxygen atoms in total. The van der Waals surface area contributed by atoms with Gasteiger partial charge in [-0.2, -0.15) is 0 Å². The van der Waals surface area contributed by atoms with E-state index in [2.05, 4.69) is 10.0 Å². The molecule has 6 heteroatoms. The van der Waals surface area contributed by atoms with Gasteiger partial charge in [-0.1, -0.05) is 0 Å². The second-order valence-corrected chi connectivity index (χ2v) is 7.69. The normalized spacial score (nSPS) is 30.4. The van der Waals surface area contributed by atoms with Crippen molar-refractivity contribution in [2.45, 2.75) is 51.2 Å². The highest BCUT2D eigenvalue weighted by Gasteiger charge is 2.24. The topological polar surface area (TPSA) is 67.4 Å². The van der Waals surface area contributed by atoms with Crippen LogP contribution in [0.3, 0.4) is 0 Å². The molecule has 112 valence electrons. The van der Waals surface area contributed by atoms with Crippen LogP contribution in [0, 0.1) is 5.92 Å². The van der Waals surface area contributed by atoms with Crippen LogP contribution in [0.2, 0.25) is 0 Å². The smallest absolute Gasteiger partial charge is 0.211 e. The zero-order chi connectivity index (χ0) is 13.7. The summed E-state index contributed by atoms with van der Waals surface area (Å²) in [6.45, 7) is 4.70. The van der Waals surface area contributed by atoms with Crippen LogP contribution in [0.5, 0.6) is 0 Å². The van der Waals surface area contributed by atoms with E-state index in [1.165, 1.54) is 0 Å². The highest BCUT2D eigenvalue weighted by Crippen LogP contribution is 2.18. The summed E-state index contributed by atoms with van der Waals surface area (Å²) in [6.07, 6.45) is 4.72. The molecule has 0 aromatic rings. The Morgan fingerprint density at radius 1 is 1.26 bits per heavy atom. The van der Waals surface area contributed by atoms with Gasteiger partial charge >= 0.3 is 0 Å². The first-order valence-corrected chi connectivity index (χ1v) is 9.03. The molecule has 0 amide bonds. The van der Waals surface area contributed by atoms with E-state index >= 15 is 0 Å². The Hall–Kier alpha value is -0.170. The van der Waals surface area contributed by atoms with E-state index in [1.54, 1.807) is 0 Å². The molecule has 2 rings (SSSR count). The van der Waals surface area contributed by atoms with Crippen LogP contribution in [0.1, 0.15) is 39.0 Å². The van der Waals surface area contributed by atoms with Gasteiger partial charge in [0.25, 0.3) is 0 Å². The molecular formula is C13H26N2O3S. The summed E-state index contributed by atoms with van der Waals surface area (Å²) < 4.78 is 32.4. The van der Waals surface area contributed by atoms with Gasteiger partial charge in [-0.25, -0.2) is 13.1 Å². The molecule has 0 aliphatic carbocycles. The minimum absolute atomic E-state index is 0.0572. The predicted octanol–water partition coefficient (Wildman–Crippen LogP) is 0.863. The minimum atomic E-state index is -3.13. The highest BCUT2D eigenvalue weighted by atomic mass is 32.2. The Morgan fingerprint density at radius 2 is 2.00 bits per heavy atom. The number of hydrogen-bond acceptors (Lipinski definition) is 4. The second-order valence-electron chi connectivity index (χ2n) is 5.82. The summed E-state index contributed by atoms with van der Waals surface area (Å²) in [6, 6.07) is 0.0572. The molecule has 2 aliphatic heterocycles. The SMILES string of the molecule is CC1CC(NS(=O)(=O)CCC2CCNCC2)CCO1. The van der Waals surface area contributed by atoms with Crippen LogP contribution < -0.4 is 10.0 Å². The van der Waals surface area contributed by atoms with Gasteiger partial charge in [-0.15, -0.1) is 0 Å². The van der Waals surface area contributed by atoms with Gasteiger partial charge in [0.05, 0.1) is 11.9 Å². The maximum absolute atomic E-state index is 12.1. The molecule has 2 heterocycles. The van der Waals surface area contributed by atoms with Gasteiger partial charge in [-0.05, 0) is 58.0 Å². The summed E-state index contributed by atoms with van der Waals surface area (Å²) >= 11 is 0. The van der Waals surface area contributed by atoms with E-state index in [-0.39, 0.29) is 17.9 Å². The van der Waals surface area contributed by atoms with E-state index in [1.807, 2.05) is 6.92 Å². The first kappa shape index (κ1) is 15.2. The molecule has 0 radical (unpaired) electrons. The third kappa shape index (κ3) is 5.38. The molecule has 19 heavy (non-hydrogen) atoms. The Morgan fingerprint density at radius 3 is 2.68 bits per heavy atom. The third-order valence-electron chi connectivity index (χ3n) is 4.08. The zero-order valence-electron chi connectivity index (χ0n) is 11.7. The molecule has 2 fully saturated rings. The van der Waals surface area contributed by atoms with Gasteiger partial charge in [0, 0.05) is 12.6 Å². The van der Waals surface area contributed by atoms with Crippen LogP contribution in [-0.2, 0) is 14.8 Å². The first-order valence-electron chi connectivity index (χ1n) is 7.37. The van der Waals surface area contributed by atoms with Gasteiger partial charge < -0.3 is 10.1 Å². The molecule has 0 spiro atoms. The van der Waals surface area contributed by atoms with Crippen molar-refractivity contribution in [3.8, 4) is 0 Å². The van der Waals surface area contributed by atoms with Crippen molar-refractivity contribution < 1.29 is 13.2 Å². The molecule has 0 saturated carbocycles. The summed E-state index contributed by atoms with van der Waals surface area (Å²) in [5.74, 6) is 0.829. The lowest BCUT2D eigenvalue weighted by atomic mass is 9.96. The maximum Gasteiger partial charge on any atom is 0.211 e. The second kappa shape index (κ2) is 7.02. The molecule has 0 aromatic carbocycles. The minimum Gasteiger partial charge on any atom is -0.378 e. The molecule has 0 bridgehead atoms. The molecule has 2 atom stereocenters.